The number of hydrogen-bond acceptors (Lipinski definition) is 4. The summed E-state index contributed by atoms with van der Waals surface area (Å²) in [7, 11) is 0. The normalized spacial score (nSPS) is 10.8. The number of anilines is 3. The Bertz CT molecular complexity index is 734. The van der Waals surface area contributed by atoms with Crippen LogP contribution in [0.4, 0.5) is 17.4 Å². The number of nitrogens with two attached hydrogens (primary N) is 1. The molecule has 0 amide bonds. The van der Waals surface area contributed by atoms with Crippen molar-refractivity contribution in [3.8, 4) is 0 Å². The summed E-state index contributed by atoms with van der Waals surface area (Å²) < 4.78 is 5.54. The maximum atomic E-state index is 5.92. The first-order valence-electron chi connectivity index (χ1n) is 5.49. The van der Waals surface area contributed by atoms with Gasteiger partial charge in [0.2, 0.25) is 0 Å². The van der Waals surface area contributed by atoms with Gasteiger partial charge in [0, 0.05) is 27.5 Å². The minimum absolute atomic E-state index is 0.360. The van der Waals surface area contributed by atoms with Crippen LogP contribution in [0.25, 0.3) is 11.1 Å². The molecule has 0 spiro atoms. The second kappa shape index (κ2) is 4.64. The number of oxazole rings is 1. The van der Waals surface area contributed by atoms with E-state index in [1.165, 1.54) is 0 Å². The third kappa shape index (κ3) is 2.59. The molecule has 0 radical (unpaired) electrons. The van der Waals surface area contributed by atoms with Crippen LogP contribution in [0.15, 0.2) is 40.8 Å². The Morgan fingerprint density at radius 2 is 1.79 bits per heavy atom. The molecule has 0 unspecified atom stereocenters. The lowest BCUT2D eigenvalue weighted by atomic mass is 10.3. The van der Waals surface area contributed by atoms with Crippen LogP contribution in [0.5, 0.6) is 0 Å². The van der Waals surface area contributed by atoms with Crippen LogP contribution in [0, 0.1) is 0 Å². The molecule has 3 N–H and O–H groups in total. The number of aromatic nitrogens is 1. The minimum atomic E-state index is 0.360. The topological polar surface area (TPSA) is 64.1 Å². The quantitative estimate of drug-likeness (QED) is 0.685. The van der Waals surface area contributed by atoms with Crippen LogP contribution in [0.1, 0.15) is 0 Å². The molecule has 1 heterocycles. The van der Waals surface area contributed by atoms with E-state index in [0.717, 1.165) is 5.52 Å². The van der Waals surface area contributed by atoms with E-state index < -0.39 is 0 Å². The average molecular weight is 294 g/mol. The lowest BCUT2D eigenvalue weighted by Gasteiger charge is -2.02. The first-order valence-corrected chi connectivity index (χ1v) is 6.25. The largest absolute Gasteiger partial charge is 0.423 e. The summed E-state index contributed by atoms with van der Waals surface area (Å²) in [6.45, 7) is 0. The number of rotatable bonds is 2. The molecular weight excluding hydrogens is 285 g/mol. The van der Waals surface area contributed by atoms with Crippen LogP contribution in [-0.2, 0) is 0 Å². The van der Waals surface area contributed by atoms with E-state index >= 15 is 0 Å². The fourth-order valence-corrected chi connectivity index (χ4v) is 2.27. The number of hydrogen-bond donors (Lipinski definition) is 2. The summed E-state index contributed by atoms with van der Waals surface area (Å²) in [4.78, 5) is 4.29. The highest BCUT2D eigenvalue weighted by Gasteiger charge is 2.07. The molecule has 0 saturated carbocycles. The van der Waals surface area contributed by atoms with Gasteiger partial charge in [0.25, 0.3) is 6.01 Å². The maximum Gasteiger partial charge on any atom is 0.300 e. The van der Waals surface area contributed by atoms with E-state index in [-0.39, 0.29) is 0 Å². The molecule has 4 nitrogen and oxygen atoms in total. The summed E-state index contributed by atoms with van der Waals surface area (Å²) in [6, 6.07) is 10.8. The van der Waals surface area contributed by atoms with Crippen molar-refractivity contribution >= 4 is 51.7 Å². The Morgan fingerprint density at radius 3 is 2.53 bits per heavy atom. The lowest BCUT2D eigenvalue weighted by molar-refractivity contribution is 0.623. The predicted octanol–water partition coefficient (Wildman–Crippen LogP) is 4.46. The Balaban J connectivity index is 1.96. The van der Waals surface area contributed by atoms with Gasteiger partial charge in [-0.05, 0) is 30.3 Å². The minimum Gasteiger partial charge on any atom is -0.423 e. The van der Waals surface area contributed by atoms with Crippen molar-refractivity contribution in [2.75, 3.05) is 11.1 Å². The molecule has 0 saturated heterocycles. The van der Waals surface area contributed by atoms with Gasteiger partial charge in [-0.25, -0.2) is 0 Å². The van der Waals surface area contributed by atoms with E-state index in [2.05, 4.69) is 10.3 Å². The second-order valence-electron chi connectivity index (χ2n) is 4.03. The van der Waals surface area contributed by atoms with E-state index in [9.17, 15) is 0 Å². The molecular formula is C13H9Cl2N3O. The summed E-state index contributed by atoms with van der Waals surface area (Å²) in [5, 5.41) is 4.08. The Hall–Kier alpha value is -1.91. The first-order chi connectivity index (χ1) is 9.10. The highest BCUT2D eigenvalue weighted by atomic mass is 35.5. The zero-order chi connectivity index (χ0) is 13.4. The molecule has 6 heteroatoms. The summed E-state index contributed by atoms with van der Waals surface area (Å²) in [5.41, 5.74) is 8.36. The van der Waals surface area contributed by atoms with Gasteiger partial charge in [0.1, 0.15) is 5.52 Å². The van der Waals surface area contributed by atoms with E-state index in [0.29, 0.717) is 33.0 Å². The van der Waals surface area contributed by atoms with E-state index in [1.807, 2.05) is 0 Å². The highest BCUT2D eigenvalue weighted by molar-refractivity contribution is 6.35. The van der Waals surface area contributed by atoms with Crippen molar-refractivity contribution in [2.45, 2.75) is 0 Å². The zero-order valence-electron chi connectivity index (χ0n) is 9.65. The molecule has 0 fully saturated rings. The van der Waals surface area contributed by atoms with Crippen molar-refractivity contribution in [1.82, 2.24) is 4.98 Å². The number of benzene rings is 2. The van der Waals surface area contributed by atoms with Gasteiger partial charge in [-0.3, -0.25) is 0 Å². The van der Waals surface area contributed by atoms with Crippen molar-refractivity contribution in [1.29, 1.82) is 0 Å². The fraction of sp³-hybridized carbons (Fsp3) is 0. The van der Waals surface area contributed by atoms with Gasteiger partial charge in [-0.1, -0.05) is 23.2 Å². The first kappa shape index (κ1) is 12.1. The smallest absolute Gasteiger partial charge is 0.300 e. The van der Waals surface area contributed by atoms with Gasteiger partial charge in [-0.15, -0.1) is 0 Å². The third-order valence-corrected chi connectivity index (χ3v) is 2.96. The number of halogens is 2. The molecule has 96 valence electrons. The molecule has 0 bridgehead atoms. The lowest BCUT2D eigenvalue weighted by Crippen LogP contribution is -1.89. The summed E-state index contributed by atoms with van der Waals surface area (Å²) in [5.74, 6) is 0. The van der Waals surface area contributed by atoms with Crippen LogP contribution in [-0.4, -0.2) is 4.98 Å². The molecule has 0 aliphatic rings. The predicted molar refractivity (Wildman–Crippen MR) is 78.2 cm³/mol. The maximum absolute atomic E-state index is 5.92. The standard InChI is InChI=1S/C13H9Cl2N3O/c14-7-3-8(15)5-10(4-7)17-13-18-11-2-1-9(16)6-12(11)19-13/h1-6H,16H2,(H,17,18). The SMILES string of the molecule is Nc1ccc2nc(Nc3cc(Cl)cc(Cl)c3)oc2c1. The van der Waals surface area contributed by atoms with Crippen molar-refractivity contribution in [2.24, 2.45) is 0 Å². The number of nitrogens with zero attached hydrogens (tertiary/aromatic N) is 1. The molecule has 2 aromatic carbocycles. The monoisotopic (exact) mass is 293 g/mol. The third-order valence-electron chi connectivity index (χ3n) is 2.53. The molecule has 0 aliphatic heterocycles. The summed E-state index contributed by atoms with van der Waals surface area (Å²) in [6.07, 6.45) is 0. The van der Waals surface area contributed by atoms with Crippen LogP contribution >= 0.6 is 23.2 Å². The van der Waals surface area contributed by atoms with Crippen molar-refractivity contribution < 1.29 is 4.42 Å². The van der Waals surface area contributed by atoms with Gasteiger partial charge in [-0.2, -0.15) is 4.98 Å². The zero-order valence-corrected chi connectivity index (χ0v) is 11.2. The molecule has 1 aromatic heterocycles. The Kier molecular flexibility index (Phi) is 2.97. The molecule has 0 atom stereocenters. The molecule has 0 aliphatic carbocycles. The molecule has 3 aromatic rings. The second-order valence-corrected chi connectivity index (χ2v) is 4.90. The van der Waals surface area contributed by atoms with Crippen LogP contribution in [0.2, 0.25) is 10.0 Å². The highest BCUT2D eigenvalue weighted by Crippen LogP contribution is 2.27. The number of nitrogen functional groups attached to an aromatic ring is 1. The Labute approximate surface area is 119 Å². The van der Waals surface area contributed by atoms with Crippen molar-refractivity contribution in [3.05, 3.63) is 46.4 Å². The van der Waals surface area contributed by atoms with Crippen molar-refractivity contribution in [3.63, 3.8) is 0 Å². The number of fused-ring (bicyclic) bond motifs is 1. The van der Waals surface area contributed by atoms with Gasteiger partial charge >= 0.3 is 0 Å². The van der Waals surface area contributed by atoms with Gasteiger partial charge in [0.05, 0.1) is 0 Å². The van der Waals surface area contributed by atoms with Crippen LogP contribution in [0.3, 0.4) is 0 Å². The van der Waals surface area contributed by atoms with Gasteiger partial charge in [0.15, 0.2) is 5.58 Å². The molecule has 19 heavy (non-hydrogen) atoms. The van der Waals surface area contributed by atoms with E-state index in [1.54, 1.807) is 36.4 Å². The molecule has 3 rings (SSSR count). The summed E-state index contributed by atoms with van der Waals surface area (Å²) >= 11 is 11.8. The fourth-order valence-electron chi connectivity index (χ4n) is 1.74. The van der Waals surface area contributed by atoms with Gasteiger partial charge < -0.3 is 15.5 Å². The number of nitrogens with one attached hydrogen (secondary N) is 1. The Morgan fingerprint density at radius 1 is 1.05 bits per heavy atom. The van der Waals surface area contributed by atoms with Crippen LogP contribution < -0.4 is 11.1 Å². The van der Waals surface area contributed by atoms with E-state index in [4.69, 9.17) is 33.4 Å². The average Bonchev–Trinajstić information content (AvgIpc) is 2.68.